The van der Waals surface area contributed by atoms with Crippen molar-refractivity contribution in [2.75, 3.05) is 4.90 Å². The molecule has 2 heteroatoms. The third kappa shape index (κ3) is 4.64. The first-order valence-corrected chi connectivity index (χ1v) is 17.7. The zero-order valence-corrected chi connectivity index (χ0v) is 28.6. The molecule has 242 valence electrons. The summed E-state index contributed by atoms with van der Waals surface area (Å²) in [5.74, 6) is 0. The van der Waals surface area contributed by atoms with Crippen LogP contribution in [0.25, 0.3) is 66.1 Å². The molecule has 1 aromatic heterocycles. The average molecular weight is 654 g/mol. The zero-order valence-electron chi connectivity index (χ0n) is 28.6. The van der Waals surface area contributed by atoms with Crippen LogP contribution in [0.15, 0.2) is 180 Å². The first-order chi connectivity index (χ1) is 25.0. The van der Waals surface area contributed by atoms with Crippen LogP contribution in [0.1, 0.15) is 25.0 Å². The number of nitrogens with zero attached hydrogens (tertiary/aromatic N) is 1. The van der Waals surface area contributed by atoms with Gasteiger partial charge in [-0.1, -0.05) is 141 Å². The number of furan rings is 1. The van der Waals surface area contributed by atoms with E-state index in [0.29, 0.717) is 0 Å². The van der Waals surface area contributed by atoms with Crippen LogP contribution < -0.4 is 4.90 Å². The van der Waals surface area contributed by atoms with Gasteiger partial charge >= 0.3 is 0 Å². The van der Waals surface area contributed by atoms with Gasteiger partial charge in [-0.2, -0.15) is 0 Å². The summed E-state index contributed by atoms with van der Waals surface area (Å²) in [6.45, 7) is 4.71. The molecule has 1 heterocycles. The summed E-state index contributed by atoms with van der Waals surface area (Å²) >= 11 is 0. The van der Waals surface area contributed by atoms with Crippen LogP contribution in [-0.4, -0.2) is 0 Å². The van der Waals surface area contributed by atoms with Crippen LogP contribution >= 0.6 is 0 Å². The molecule has 0 radical (unpaired) electrons. The lowest BCUT2D eigenvalue weighted by atomic mass is 9.82. The minimum Gasteiger partial charge on any atom is -0.456 e. The van der Waals surface area contributed by atoms with Gasteiger partial charge in [-0.15, -0.1) is 0 Å². The Balaban J connectivity index is 1.19. The lowest BCUT2D eigenvalue weighted by molar-refractivity contribution is 0.660. The van der Waals surface area contributed by atoms with E-state index < -0.39 is 0 Å². The molecular weight excluding hydrogens is 619 g/mol. The minimum atomic E-state index is -0.114. The van der Waals surface area contributed by atoms with Crippen molar-refractivity contribution < 1.29 is 4.42 Å². The lowest BCUT2D eigenvalue weighted by Crippen LogP contribution is -2.16. The number of benzene rings is 8. The number of rotatable bonds is 5. The summed E-state index contributed by atoms with van der Waals surface area (Å²) in [6, 6.07) is 63.8. The van der Waals surface area contributed by atoms with Gasteiger partial charge in [0.05, 0.1) is 5.69 Å². The number of hydrogen-bond donors (Lipinski definition) is 0. The van der Waals surface area contributed by atoms with Gasteiger partial charge in [0.2, 0.25) is 0 Å². The quantitative estimate of drug-likeness (QED) is 0.184. The van der Waals surface area contributed by atoms with Gasteiger partial charge < -0.3 is 9.32 Å². The standard InChI is InChI=1S/C49H35NO/c1-49(2)44-21-10-8-18-39(44)40-25-24-36(31-45(40)49)50(46-27-26-37(32-13-4-3-5-14-32)38-17-6-7-19-41(38)46)35-16-12-15-33(29-35)34-23-28-48-43(30-34)42-20-9-11-22-47(42)51-48/h3-31H,1-2H3. The summed E-state index contributed by atoms with van der Waals surface area (Å²) in [4.78, 5) is 2.45. The molecule has 10 rings (SSSR count). The number of hydrogen-bond acceptors (Lipinski definition) is 2. The van der Waals surface area contributed by atoms with Gasteiger partial charge in [0, 0.05) is 32.9 Å². The Kier molecular flexibility index (Phi) is 6.56. The monoisotopic (exact) mass is 653 g/mol. The molecule has 0 spiro atoms. The van der Waals surface area contributed by atoms with Gasteiger partial charge in [-0.3, -0.25) is 0 Å². The Hall–Kier alpha value is -6.38. The van der Waals surface area contributed by atoms with Crippen molar-refractivity contribution in [1.82, 2.24) is 0 Å². The van der Waals surface area contributed by atoms with Crippen molar-refractivity contribution in [2.24, 2.45) is 0 Å². The van der Waals surface area contributed by atoms with E-state index in [-0.39, 0.29) is 5.41 Å². The van der Waals surface area contributed by atoms with Crippen LogP contribution in [0.5, 0.6) is 0 Å². The first-order valence-electron chi connectivity index (χ1n) is 17.7. The fraction of sp³-hybridized carbons (Fsp3) is 0.0612. The van der Waals surface area contributed by atoms with Gasteiger partial charge in [-0.05, 0) is 98.4 Å². The van der Waals surface area contributed by atoms with Crippen molar-refractivity contribution in [1.29, 1.82) is 0 Å². The minimum absolute atomic E-state index is 0.114. The molecule has 0 aliphatic heterocycles. The molecule has 0 fully saturated rings. The van der Waals surface area contributed by atoms with E-state index in [2.05, 4.69) is 183 Å². The molecule has 0 atom stereocenters. The predicted molar refractivity (Wildman–Crippen MR) is 214 cm³/mol. The number of anilines is 3. The summed E-state index contributed by atoms with van der Waals surface area (Å²) in [7, 11) is 0. The first kappa shape index (κ1) is 29.5. The molecule has 0 saturated carbocycles. The molecule has 1 aliphatic carbocycles. The Morgan fingerprint density at radius 1 is 0.392 bits per heavy atom. The Morgan fingerprint density at radius 3 is 1.92 bits per heavy atom. The highest BCUT2D eigenvalue weighted by Gasteiger charge is 2.35. The molecule has 9 aromatic rings. The van der Waals surface area contributed by atoms with Gasteiger partial charge in [0.15, 0.2) is 0 Å². The third-order valence-electron chi connectivity index (χ3n) is 10.9. The fourth-order valence-corrected chi connectivity index (χ4v) is 8.34. The third-order valence-corrected chi connectivity index (χ3v) is 10.9. The van der Waals surface area contributed by atoms with Crippen LogP contribution in [0.3, 0.4) is 0 Å². The van der Waals surface area contributed by atoms with Crippen molar-refractivity contribution in [3.05, 3.63) is 187 Å². The Labute approximate surface area is 297 Å². The Bertz CT molecular complexity index is 2790. The predicted octanol–water partition coefficient (Wildman–Crippen LogP) is 13.8. The van der Waals surface area contributed by atoms with Crippen LogP contribution in [0, 0.1) is 0 Å². The van der Waals surface area contributed by atoms with Gasteiger partial charge in [-0.25, -0.2) is 0 Å². The van der Waals surface area contributed by atoms with Gasteiger partial charge in [0.1, 0.15) is 11.2 Å². The van der Waals surface area contributed by atoms with Crippen LogP contribution in [0.2, 0.25) is 0 Å². The van der Waals surface area contributed by atoms with E-state index in [1.54, 1.807) is 0 Å². The van der Waals surface area contributed by atoms with E-state index in [1.807, 2.05) is 12.1 Å². The summed E-state index contributed by atoms with van der Waals surface area (Å²) in [5.41, 5.74) is 15.2. The molecule has 0 unspecified atom stereocenters. The molecular formula is C49H35NO. The summed E-state index contributed by atoms with van der Waals surface area (Å²) in [5, 5.41) is 4.71. The van der Waals surface area contributed by atoms with E-state index in [9.17, 15) is 0 Å². The van der Waals surface area contributed by atoms with Crippen LogP contribution in [0.4, 0.5) is 17.1 Å². The normalized spacial score (nSPS) is 13.1. The molecule has 0 saturated heterocycles. The molecule has 0 amide bonds. The fourth-order valence-electron chi connectivity index (χ4n) is 8.34. The van der Waals surface area contributed by atoms with Crippen molar-refractivity contribution in [3.8, 4) is 33.4 Å². The van der Waals surface area contributed by atoms with E-state index in [4.69, 9.17) is 4.42 Å². The largest absolute Gasteiger partial charge is 0.456 e. The number of para-hydroxylation sites is 1. The second-order valence-corrected chi connectivity index (χ2v) is 14.1. The molecule has 51 heavy (non-hydrogen) atoms. The topological polar surface area (TPSA) is 16.4 Å². The highest BCUT2D eigenvalue weighted by molar-refractivity contribution is 6.08. The van der Waals surface area contributed by atoms with Crippen molar-refractivity contribution in [2.45, 2.75) is 19.3 Å². The van der Waals surface area contributed by atoms with Crippen LogP contribution in [-0.2, 0) is 5.41 Å². The van der Waals surface area contributed by atoms with Crippen molar-refractivity contribution >= 4 is 49.8 Å². The maximum Gasteiger partial charge on any atom is 0.135 e. The highest BCUT2D eigenvalue weighted by atomic mass is 16.3. The van der Waals surface area contributed by atoms with E-state index in [1.165, 1.54) is 44.2 Å². The number of fused-ring (bicyclic) bond motifs is 7. The Morgan fingerprint density at radius 2 is 1.04 bits per heavy atom. The maximum absolute atomic E-state index is 6.17. The van der Waals surface area contributed by atoms with Gasteiger partial charge in [0.25, 0.3) is 0 Å². The molecule has 0 N–H and O–H groups in total. The maximum atomic E-state index is 6.17. The summed E-state index contributed by atoms with van der Waals surface area (Å²) in [6.07, 6.45) is 0. The molecule has 0 bridgehead atoms. The average Bonchev–Trinajstić information content (AvgIpc) is 3.67. The van der Waals surface area contributed by atoms with Crippen molar-refractivity contribution in [3.63, 3.8) is 0 Å². The molecule has 1 aliphatic rings. The second-order valence-electron chi connectivity index (χ2n) is 14.1. The SMILES string of the molecule is CC1(C)c2ccccc2-c2ccc(N(c3cccc(-c4ccc5oc6ccccc6c5c4)c3)c3ccc(-c4ccccc4)c4ccccc34)cc21. The van der Waals surface area contributed by atoms with E-state index >= 15 is 0 Å². The smallest absolute Gasteiger partial charge is 0.135 e. The zero-order chi connectivity index (χ0) is 34.1. The molecule has 8 aromatic carbocycles. The van der Waals surface area contributed by atoms with E-state index in [0.717, 1.165) is 50.1 Å². The highest BCUT2D eigenvalue weighted by Crippen LogP contribution is 2.51. The lowest BCUT2D eigenvalue weighted by Gasteiger charge is -2.30. The second kappa shape index (κ2) is 11.3. The molecule has 2 nitrogen and oxygen atoms in total. The summed E-state index contributed by atoms with van der Waals surface area (Å²) < 4.78 is 6.17.